The SMILES string of the molecule is O=C(Cc1ccncc1)Cc1nc(-c2ccccc2)cs1. The normalized spacial score (nSPS) is 10.5. The fourth-order valence-corrected chi connectivity index (χ4v) is 2.92. The van der Waals surface area contributed by atoms with Gasteiger partial charge < -0.3 is 0 Å². The maximum atomic E-state index is 12.1. The van der Waals surface area contributed by atoms with Gasteiger partial charge in [-0.25, -0.2) is 4.98 Å². The molecule has 0 saturated heterocycles. The van der Waals surface area contributed by atoms with E-state index in [1.807, 2.05) is 47.8 Å². The molecule has 0 fully saturated rings. The first kappa shape index (κ1) is 13.6. The molecule has 0 atom stereocenters. The van der Waals surface area contributed by atoms with Crippen molar-refractivity contribution in [2.45, 2.75) is 12.8 Å². The minimum atomic E-state index is 0.176. The predicted octanol–water partition coefficient (Wildman–Crippen LogP) is 3.56. The summed E-state index contributed by atoms with van der Waals surface area (Å²) < 4.78 is 0. The molecule has 0 bridgehead atoms. The number of aromatic nitrogens is 2. The molecule has 104 valence electrons. The van der Waals surface area contributed by atoms with Gasteiger partial charge in [0.2, 0.25) is 0 Å². The minimum absolute atomic E-state index is 0.176. The molecule has 3 rings (SSSR count). The Morgan fingerprint density at radius 2 is 1.76 bits per heavy atom. The van der Waals surface area contributed by atoms with Crippen LogP contribution < -0.4 is 0 Å². The van der Waals surface area contributed by atoms with E-state index in [1.54, 1.807) is 12.4 Å². The van der Waals surface area contributed by atoms with E-state index in [9.17, 15) is 4.79 Å². The Morgan fingerprint density at radius 3 is 2.52 bits per heavy atom. The number of carbonyl (C=O) groups excluding carboxylic acids is 1. The lowest BCUT2D eigenvalue weighted by Crippen LogP contribution is -2.06. The zero-order valence-corrected chi connectivity index (χ0v) is 12.2. The standard InChI is InChI=1S/C17H14N2OS/c20-15(10-13-6-8-18-9-7-13)11-17-19-16(12-21-17)14-4-2-1-3-5-14/h1-9,12H,10-11H2. The number of hydrogen-bond acceptors (Lipinski definition) is 4. The number of thiazole rings is 1. The Hall–Kier alpha value is -2.33. The molecule has 3 aromatic rings. The molecule has 3 nitrogen and oxygen atoms in total. The highest BCUT2D eigenvalue weighted by Gasteiger charge is 2.09. The summed E-state index contributed by atoms with van der Waals surface area (Å²) in [6, 6.07) is 13.8. The lowest BCUT2D eigenvalue weighted by molar-refractivity contribution is -0.117. The molecule has 21 heavy (non-hydrogen) atoms. The highest BCUT2D eigenvalue weighted by molar-refractivity contribution is 7.10. The monoisotopic (exact) mass is 294 g/mol. The summed E-state index contributed by atoms with van der Waals surface area (Å²) in [5, 5.41) is 2.87. The van der Waals surface area contributed by atoms with Crippen LogP contribution in [0.25, 0.3) is 11.3 Å². The van der Waals surface area contributed by atoms with Crippen LogP contribution in [0.5, 0.6) is 0 Å². The molecule has 0 aliphatic heterocycles. The van der Waals surface area contributed by atoms with Crippen LogP contribution in [0.15, 0.2) is 60.2 Å². The van der Waals surface area contributed by atoms with Gasteiger partial charge in [0.15, 0.2) is 0 Å². The zero-order valence-electron chi connectivity index (χ0n) is 11.4. The summed E-state index contributed by atoms with van der Waals surface area (Å²) in [5.74, 6) is 0.176. The molecule has 0 unspecified atom stereocenters. The summed E-state index contributed by atoms with van der Waals surface area (Å²) in [4.78, 5) is 20.6. The molecule has 1 aromatic carbocycles. The molecular weight excluding hydrogens is 280 g/mol. The van der Waals surface area contributed by atoms with Crippen LogP contribution in [0, 0.1) is 0 Å². The second-order valence-corrected chi connectivity index (χ2v) is 5.68. The van der Waals surface area contributed by atoms with E-state index in [1.165, 1.54) is 11.3 Å². The van der Waals surface area contributed by atoms with Crippen molar-refractivity contribution >= 4 is 17.1 Å². The Balaban J connectivity index is 1.66. The van der Waals surface area contributed by atoms with E-state index in [0.29, 0.717) is 12.8 Å². The number of pyridine rings is 1. The maximum Gasteiger partial charge on any atom is 0.144 e. The lowest BCUT2D eigenvalue weighted by atomic mass is 10.1. The van der Waals surface area contributed by atoms with E-state index in [2.05, 4.69) is 9.97 Å². The zero-order chi connectivity index (χ0) is 14.5. The van der Waals surface area contributed by atoms with E-state index in [-0.39, 0.29) is 5.78 Å². The Labute approximate surface area is 127 Å². The van der Waals surface area contributed by atoms with Gasteiger partial charge in [-0.1, -0.05) is 30.3 Å². The summed E-state index contributed by atoms with van der Waals surface area (Å²) in [7, 11) is 0. The number of Topliss-reactive ketones (excluding diaryl/α,β-unsaturated/α-hetero) is 1. The third-order valence-electron chi connectivity index (χ3n) is 3.12. The first-order chi connectivity index (χ1) is 10.3. The van der Waals surface area contributed by atoms with Crippen LogP contribution >= 0.6 is 11.3 Å². The fourth-order valence-electron chi connectivity index (χ4n) is 2.09. The molecule has 0 amide bonds. The second kappa shape index (κ2) is 6.41. The Morgan fingerprint density at radius 1 is 1.00 bits per heavy atom. The molecule has 4 heteroatoms. The van der Waals surface area contributed by atoms with Crippen LogP contribution in [-0.4, -0.2) is 15.8 Å². The van der Waals surface area contributed by atoms with Crippen molar-refractivity contribution in [2.75, 3.05) is 0 Å². The van der Waals surface area contributed by atoms with E-state index < -0.39 is 0 Å². The van der Waals surface area contributed by atoms with Crippen LogP contribution in [-0.2, 0) is 17.6 Å². The topological polar surface area (TPSA) is 42.9 Å². The third kappa shape index (κ3) is 3.61. The second-order valence-electron chi connectivity index (χ2n) is 4.74. The smallest absolute Gasteiger partial charge is 0.144 e. The molecule has 0 aliphatic carbocycles. The van der Waals surface area contributed by atoms with Crippen molar-refractivity contribution in [1.82, 2.24) is 9.97 Å². The van der Waals surface area contributed by atoms with Crippen molar-refractivity contribution < 1.29 is 4.79 Å². The molecule has 2 aromatic heterocycles. The molecule has 0 radical (unpaired) electrons. The summed E-state index contributed by atoms with van der Waals surface area (Å²) in [6.07, 6.45) is 4.24. The molecule has 0 saturated carbocycles. The van der Waals surface area contributed by atoms with Crippen LogP contribution in [0.4, 0.5) is 0 Å². The number of hydrogen-bond donors (Lipinski definition) is 0. The van der Waals surface area contributed by atoms with E-state index in [0.717, 1.165) is 21.8 Å². The number of rotatable bonds is 5. The fraction of sp³-hybridized carbons (Fsp3) is 0.118. The van der Waals surface area contributed by atoms with Gasteiger partial charge in [0.05, 0.1) is 12.1 Å². The quantitative estimate of drug-likeness (QED) is 0.722. The van der Waals surface area contributed by atoms with Gasteiger partial charge in [0.1, 0.15) is 10.8 Å². The van der Waals surface area contributed by atoms with Crippen molar-refractivity contribution in [3.63, 3.8) is 0 Å². The minimum Gasteiger partial charge on any atom is -0.299 e. The summed E-state index contributed by atoms with van der Waals surface area (Å²) >= 11 is 1.54. The van der Waals surface area contributed by atoms with Gasteiger partial charge in [-0.15, -0.1) is 11.3 Å². The summed E-state index contributed by atoms with van der Waals surface area (Å²) in [5.41, 5.74) is 3.02. The predicted molar refractivity (Wildman–Crippen MR) is 84.2 cm³/mol. The van der Waals surface area contributed by atoms with Crippen LogP contribution in [0.1, 0.15) is 10.6 Å². The van der Waals surface area contributed by atoms with Crippen molar-refractivity contribution in [1.29, 1.82) is 0 Å². The van der Waals surface area contributed by atoms with Crippen molar-refractivity contribution in [3.05, 3.63) is 70.8 Å². The number of nitrogens with zero attached hydrogens (tertiary/aromatic N) is 2. The average molecular weight is 294 g/mol. The van der Waals surface area contributed by atoms with Gasteiger partial charge in [-0.3, -0.25) is 9.78 Å². The van der Waals surface area contributed by atoms with Gasteiger partial charge in [0.25, 0.3) is 0 Å². The van der Waals surface area contributed by atoms with Gasteiger partial charge in [0, 0.05) is 29.8 Å². The average Bonchev–Trinajstić information content (AvgIpc) is 2.97. The van der Waals surface area contributed by atoms with Gasteiger partial charge in [-0.05, 0) is 17.7 Å². The molecule has 0 N–H and O–H groups in total. The number of carbonyl (C=O) groups is 1. The largest absolute Gasteiger partial charge is 0.299 e. The van der Waals surface area contributed by atoms with E-state index >= 15 is 0 Å². The molecule has 2 heterocycles. The van der Waals surface area contributed by atoms with E-state index in [4.69, 9.17) is 0 Å². The van der Waals surface area contributed by atoms with Gasteiger partial charge in [-0.2, -0.15) is 0 Å². The number of ketones is 1. The Bertz CT molecular complexity index is 723. The number of benzene rings is 1. The molecule has 0 aliphatic rings. The van der Waals surface area contributed by atoms with Crippen LogP contribution in [0.2, 0.25) is 0 Å². The van der Waals surface area contributed by atoms with Crippen molar-refractivity contribution in [3.8, 4) is 11.3 Å². The lowest BCUT2D eigenvalue weighted by Gasteiger charge is -1.99. The molecule has 0 spiro atoms. The Kier molecular flexibility index (Phi) is 4.17. The van der Waals surface area contributed by atoms with Crippen LogP contribution in [0.3, 0.4) is 0 Å². The highest BCUT2D eigenvalue weighted by atomic mass is 32.1. The highest BCUT2D eigenvalue weighted by Crippen LogP contribution is 2.22. The first-order valence-electron chi connectivity index (χ1n) is 6.72. The molecular formula is C17H14N2OS. The van der Waals surface area contributed by atoms with Crippen molar-refractivity contribution in [2.24, 2.45) is 0 Å². The summed E-state index contributed by atoms with van der Waals surface area (Å²) in [6.45, 7) is 0. The third-order valence-corrected chi connectivity index (χ3v) is 3.97. The van der Waals surface area contributed by atoms with Gasteiger partial charge >= 0.3 is 0 Å². The maximum absolute atomic E-state index is 12.1. The first-order valence-corrected chi connectivity index (χ1v) is 7.59.